The summed E-state index contributed by atoms with van der Waals surface area (Å²) in [5, 5.41) is 13.1. The Morgan fingerprint density at radius 3 is 2.55 bits per heavy atom. The minimum absolute atomic E-state index is 0.0121. The molecule has 40 heavy (non-hydrogen) atoms. The van der Waals surface area contributed by atoms with Crippen molar-refractivity contribution >= 4 is 33.0 Å². The summed E-state index contributed by atoms with van der Waals surface area (Å²) in [5.41, 5.74) is -2.63. The summed E-state index contributed by atoms with van der Waals surface area (Å²) in [7, 11) is -4.07. The van der Waals surface area contributed by atoms with Gasteiger partial charge in [0.1, 0.15) is 0 Å². The van der Waals surface area contributed by atoms with Gasteiger partial charge in [0, 0.05) is 29.6 Å². The van der Waals surface area contributed by atoms with Gasteiger partial charge in [-0.2, -0.15) is 0 Å². The van der Waals surface area contributed by atoms with Crippen LogP contribution in [0.2, 0.25) is 5.02 Å². The van der Waals surface area contributed by atoms with Crippen molar-refractivity contribution in [1.82, 2.24) is 9.55 Å². The number of fused-ring (bicyclic) bond motifs is 2. The van der Waals surface area contributed by atoms with Crippen molar-refractivity contribution in [1.29, 1.82) is 0 Å². The minimum Gasteiger partial charge on any atom is -0.387 e. The van der Waals surface area contributed by atoms with Crippen LogP contribution in [0.5, 0.6) is 0 Å². The van der Waals surface area contributed by atoms with Gasteiger partial charge in [-0.3, -0.25) is 19.1 Å². The van der Waals surface area contributed by atoms with Crippen molar-refractivity contribution < 1.29 is 27.1 Å². The molecule has 5 rings (SSSR count). The Labute approximate surface area is 232 Å². The number of aliphatic hydroxyl groups is 1. The quantitative estimate of drug-likeness (QED) is 0.401. The van der Waals surface area contributed by atoms with Crippen LogP contribution in [0.25, 0.3) is 0 Å². The first kappa shape index (κ1) is 28.2. The number of halogens is 3. The first-order valence-corrected chi connectivity index (χ1v) is 14.5. The van der Waals surface area contributed by atoms with Crippen LogP contribution in [0, 0.1) is 29.4 Å². The molecule has 1 heterocycles. The molecule has 2 aromatic carbocycles. The second-order valence-electron chi connectivity index (χ2n) is 10.6. The van der Waals surface area contributed by atoms with Crippen LogP contribution < -0.4 is 16.6 Å². The van der Waals surface area contributed by atoms with E-state index in [1.54, 1.807) is 0 Å². The summed E-state index contributed by atoms with van der Waals surface area (Å²) in [6, 6.07) is 7.78. The third-order valence-electron chi connectivity index (χ3n) is 8.19. The molecule has 0 radical (unpaired) electrons. The average Bonchev–Trinajstić information content (AvgIpc) is 3.01. The molecule has 1 aromatic heterocycles. The Hall–Kier alpha value is -3.35. The SMILES string of the molecule is C[C@H]1CC2C[C@@H](S(=O)(=O)c3cc(C(=O)Nc4ccc(F)c(F)c4)ccc3Cl)CC1[C@@]2(O)Cn1ccc(=O)[nH]c1=O. The summed E-state index contributed by atoms with van der Waals surface area (Å²) < 4.78 is 55.6. The number of sulfone groups is 1. The number of aromatic nitrogens is 2. The molecule has 0 saturated heterocycles. The number of amides is 1. The molecule has 1 amide bonds. The minimum atomic E-state index is -4.07. The van der Waals surface area contributed by atoms with Crippen molar-refractivity contribution in [2.24, 2.45) is 17.8 Å². The first-order chi connectivity index (χ1) is 18.8. The molecule has 2 aliphatic rings. The van der Waals surface area contributed by atoms with Crippen LogP contribution in [0.15, 0.2) is 63.1 Å². The molecule has 13 heteroatoms. The summed E-state index contributed by atoms with van der Waals surface area (Å²) in [6.07, 6.45) is 2.08. The fourth-order valence-corrected chi connectivity index (χ4v) is 8.58. The van der Waals surface area contributed by atoms with Gasteiger partial charge in [-0.1, -0.05) is 18.5 Å². The number of carbonyl (C=O) groups excluding carboxylic acids is 1. The highest BCUT2D eigenvalue weighted by Crippen LogP contribution is 2.55. The van der Waals surface area contributed by atoms with Gasteiger partial charge in [-0.25, -0.2) is 22.0 Å². The molecule has 2 bridgehead atoms. The Bertz CT molecular complexity index is 1730. The maximum absolute atomic E-state index is 13.8. The van der Waals surface area contributed by atoms with E-state index in [0.29, 0.717) is 6.42 Å². The number of hydrogen-bond acceptors (Lipinski definition) is 6. The van der Waals surface area contributed by atoms with E-state index in [4.69, 9.17) is 11.6 Å². The van der Waals surface area contributed by atoms with Gasteiger partial charge in [0.15, 0.2) is 21.5 Å². The van der Waals surface area contributed by atoms with E-state index in [1.165, 1.54) is 35.0 Å². The molecular weight excluding hydrogens is 568 g/mol. The molecule has 2 fully saturated rings. The van der Waals surface area contributed by atoms with Crippen LogP contribution in [-0.2, 0) is 16.4 Å². The van der Waals surface area contributed by atoms with Crippen molar-refractivity contribution in [3.05, 3.63) is 91.7 Å². The fourth-order valence-electron chi connectivity index (χ4n) is 6.21. The summed E-state index contributed by atoms with van der Waals surface area (Å²) in [4.78, 5) is 38.4. The van der Waals surface area contributed by atoms with Crippen LogP contribution in [-0.4, -0.2) is 39.8 Å². The molecule has 2 unspecified atom stereocenters. The van der Waals surface area contributed by atoms with E-state index >= 15 is 0 Å². The number of nitrogens with zero attached hydrogens (tertiary/aromatic N) is 1. The number of anilines is 1. The second kappa shape index (κ2) is 10.2. The van der Waals surface area contributed by atoms with Gasteiger partial charge in [-0.15, -0.1) is 0 Å². The first-order valence-electron chi connectivity index (χ1n) is 12.6. The van der Waals surface area contributed by atoms with Gasteiger partial charge in [-0.05, 0) is 67.3 Å². The number of rotatable bonds is 6. The number of aromatic amines is 1. The Kier molecular flexibility index (Phi) is 7.22. The van der Waals surface area contributed by atoms with Crippen LogP contribution in [0.1, 0.15) is 36.5 Å². The van der Waals surface area contributed by atoms with Crippen molar-refractivity contribution in [2.45, 2.75) is 48.5 Å². The van der Waals surface area contributed by atoms with Crippen molar-refractivity contribution in [2.75, 3.05) is 5.32 Å². The van der Waals surface area contributed by atoms with E-state index in [2.05, 4.69) is 10.3 Å². The molecule has 0 spiro atoms. The van der Waals surface area contributed by atoms with E-state index in [0.717, 1.165) is 18.2 Å². The molecule has 3 N–H and O–H groups in total. The molecular formula is C27H26ClF2N3O6S. The van der Waals surface area contributed by atoms with Gasteiger partial charge in [0.05, 0.1) is 27.3 Å². The maximum Gasteiger partial charge on any atom is 0.328 e. The van der Waals surface area contributed by atoms with Gasteiger partial charge in [0.25, 0.3) is 11.5 Å². The average molecular weight is 594 g/mol. The topological polar surface area (TPSA) is 138 Å². The largest absolute Gasteiger partial charge is 0.387 e. The Morgan fingerprint density at radius 2 is 1.88 bits per heavy atom. The molecule has 5 atom stereocenters. The van der Waals surface area contributed by atoms with Crippen molar-refractivity contribution in [3.63, 3.8) is 0 Å². The molecule has 212 valence electrons. The lowest BCUT2D eigenvalue weighted by Gasteiger charge is -2.43. The lowest BCUT2D eigenvalue weighted by atomic mass is 9.73. The lowest BCUT2D eigenvalue weighted by Crippen LogP contribution is -2.52. The number of H-pyrrole nitrogens is 1. The smallest absolute Gasteiger partial charge is 0.328 e. The summed E-state index contributed by atoms with van der Waals surface area (Å²) >= 11 is 6.30. The highest BCUT2D eigenvalue weighted by Gasteiger charge is 2.58. The molecule has 3 aromatic rings. The number of nitrogens with one attached hydrogen (secondary N) is 2. The second-order valence-corrected chi connectivity index (χ2v) is 13.2. The van der Waals surface area contributed by atoms with Gasteiger partial charge < -0.3 is 10.4 Å². The molecule has 9 nitrogen and oxygen atoms in total. The third-order valence-corrected chi connectivity index (χ3v) is 10.8. The zero-order chi connectivity index (χ0) is 29.0. The molecule has 0 aliphatic heterocycles. The summed E-state index contributed by atoms with van der Waals surface area (Å²) in [5.74, 6) is -3.90. The van der Waals surface area contributed by atoms with Crippen LogP contribution in [0.4, 0.5) is 14.5 Å². The zero-order valence-electron chi connectivity index (χ0n) is 21.2. The van der Waals surface area contributed by atoms with E-state index < -0.39 is 61.3 Å². The predicted molar refractivity (Wildman–Crippen MR) is 143 cm³/mol. The highest BCUT2D eigenvalue weighted by molar-refractivity contribution is 7.92. The normalized spacial score (nSPS) is 26.0. The standard InChI is InChI=1S/C27H26ClF2N3O6S/c1-14-8-16-10-18(12-19(14)27(16,37)13-33-7-6-24(34)32-26(33)36)40(38,39)23-9-15(2-4-20(23)28)25(35)31-17-3-5-21(29)22(30)11-17/h2-7,9,11,14,16,18-19,37H,8,10,12-13H2,1H3,(H,31,35)(H,32,34,36)/t14-,16?,18+,19?,27+/m0/s1. The summed E-state index contributed by atoms with van der Waals surface area (Å²) in [6.45, 7) is 1.84. The van der Waals surface area contributed by atoms with Gasteiger partial charge in [0.2, 0.25) is 0 Å². The van der Waals surface area contributed by atoms with E-state index in [1.807, 2.05) is 6.92 Å². The molecule has 2 saturated carbocycles. The zero-order valence-corrected chi connectivity index (χ0v) is 22.8. The molecule has 2 aliphatic carbocycles. The van der Waals surface area contributed by atoms with Crippen LogP contribution in [0.3, 0.4) is 0 Å². The number of carbonyl (C=O) groups is 1. The van der Waals surface area contributed by atoms with Crippen molar-refractivity contribution in [3.8, 4) is 0 Å². The highest BCUT2D eigenvalue weighted by atomic mass is 35.5. The third kappa shape index (κ3) is 4.99. The number of hydrogen-bond donors (Lipinski definition) is 3. The van der Waals surface area contributed by atoms with Crippen LogP contribution >= 0.6 is 11.6 Å². The van der Waals surface area contributed by atoms with E-state index in [-0.39, 0.29) is 46.5 Å². The lowest BCUT2D eigenvalue weighted by molar-refractivity contribution is -0.0770. The fraction of sp³-hybridized carbons (Fsp3) is 0.370. The predicted octanol–water partition coefficient (Wildman–Crippen LogP) is 3.36. The van der Waals surface area contributed by atoms with Gasteiger partial charge >= 0.3 is 5.69 Å². The van der Waals surface area contributed by atoms with E-state index in [9.17, 15) is 36.7 Å². The maximum atomic E-state index is 13.8. The monoisotopic (exact) mass is 593 g/mol. The number of benzene rings is 2. The Balaban J connectivity index is 1.40. The Morgan fingerprint density at radius 1 is 1.12 bits per heavy atom.